The molecule has 0 aliphatic rings. The van der Waals surface area contributed by atoms with Crippen LogP contribution in [0.15, 0.2) is 18.2 Å². The summed E-state index contributed by atoms with van der Waals surface area (Å²) in [5.41, 5.74) is 1.17. The van der Waals surface area contributed by atoms with Crippen LogP contribution in [0.2, 0.25) is 0 Å². The fourth-order valence-electron chi connectivity index (χ4n) is 1.75. The van der Waals surface area contributed by atoms with Gasteiger partial charge in [-0.3, -0.25) is 0 Å². The van der Waals surface area contributed by atoms with Crippen molar-refractivity contribution in [3.05, 3.63) is 23.8 Å². The first-order valence-electron chi connectivity index (χ1n) is 6.30. The van der Waals surface area contributed by atoms with Crippen LogP contribution in [0.4, 0.5) is 0 Å². The number of unbranched alkanes of at least 4 members (excludes halogenated alkanes) is 1. The first-order valence-corrected chi connectivity index (χ1v) is 6.30. The fourth-order valence-corrected chi connectivity index (χ4v) is 1.75. The molecule has 3 heteroatoms. The normalized spacial score (nSPS) is 10.8. The van der Waals surface area contributed by atoms with Crippen LogP contribution in [0.25, 0.3) is 0 Å². The molecule has 1 aromatic rings. The summed E-state index contributed by atoms with van der Waals surface area (Å²) < 4.78 is 5.37. The van der Waals surface area contributed by atoms with Gasteiger partial charge in [-0.05, 0) is 44.6 Å². The molecule has 17 heavy (non-hydrogen) atoms. The van der Waals surface area contributed by atoms with Crippen molar-refractivity contribution >= 4 is 0 Å². The number of hydrogen-bond donors (Lipinski definition) is 1. The third kappa shape index (κ3) is 4.65. The predicted octanol–water partition coefficient (Wildman–Crippen LogP) is 3.02. The molecular formula is C14H23NO2. The summed E-state index contributed by atoms with van der Waals surface area (Å²) in [4.78, 5) is 2.28. The third-order valence-corrected chi connectivity index (χ3v) is 2.67. The van der Waals surface area contributed by atoms with E-state index in [0.717, 1.165) is 13.1 Å². The van der Waals surface area contributed by atoms with Crippen LogP contribution in [0.5, 0.6) is 11.5 Å². The Labute approximate surface area is 104 Å². The van der Waals surface area contributed by atoms with Crippen LogP contribution in [0.1, 0.15) is 32.3 Å². The van der Waals surface area contributed by atoms with Crippen molar-refractivity contribution < 1.29 is 9.84 Å². The Hall–Kier alpha value is -1.22. The van der Waals surface area contributed by atoms with Gasteiger partial charge in [0.25, 0.3) is 0 Å². The average molecular weight is 237 g/mol. The van der Waals surface area contributed by atoms with Crippen molar-refractivity contribution in [2.75, 3.05) is 20.2 Å². The van der Waals surface area contributed by atoms with Crippen LogP contribution in [-0.2, 0) is 6.54 Å². The Balaban J connectivity index is 2.61. The number of phenolic OH excluding ortho intramolecular Hbond substituents is 1. The summed E-state index contributed by atoms with van der Waals surface area (Å²) in [5, 5.41) is 9.60. The maximum atomic E-state index is 9.60. The molecule has 0 heterocycles. The molecule has 3 nitrogen and oxygen atoms in total. The zero-order valence-electron chi connectivity index (χ0n) is 11.1. The summed E-state index contributed by atoms with van der Waals surface area (Å²) in [6, 6.07) is 5.57. The van der Waals surface area contributed by atoms with Gasteiger partial charge in [0.15, 0.2) is 11.5 Å². The molecule has 0 saturated heterocycles. The molecule has 0 atom stereocenters. The van der Waals surface area contributed by atoms with E-state index in [0.29, 0.717) is 12.4 Å². The lowest BCUT2D eigenvalue weighted by Gasteiger charge is -2.17. The molecule has 1 aromatic carbocycles. The van der Waals surface area contributed by atoms with E-state index in [4.69, 9.17) is 4.74 Å². The summed E-state index contributed by atoms with van der Waals surface area (Å²) in [5.74, 6) is 0.792. The van der Waals surface area contributed by atoms with Gasteiger partial charge in [-0.15, -0.1) is 0 Å². The van der Waals surface area contributed by atoms with Gasteiger partial charge < -0.3 is 14.7 Å². The van der Waals surface area contributed by atoms with Gasteiger partial charge in [-0.2, -0.15) is 0 Å². The van der Waals surface area contributed by atoms with Gasteiger partial charge in [0.2, 0.25) is 0 Å². The number of ether oxygens (including phenoxy) is 1. The molecule has 1 N–H and O–H groups in total. The highest BCUT2D eigenvalue weighted by atomic mass is 16.5. The Morgan fingerprint density at radius 3 is 2.71 bits per heavy atom. The number of benzene rings is 1. The number of rotatable bonds is 7. The van der Waals surface area contributed by atoms with Gasteiger partial charge in [0, 0.05) is 6.54 Å². The summed E-state index contributed by atoms with van der Waals surface area (Å²) in [7, 11) is 2.11. The van der Waals surface area contributed by atoms with Crippen LogP contribution >= 0.6 is 0 Å². The second-order valence-corrected chi connectivity index (χ2v) is 4.33. The molecule has 0 saturated carbocycles. The highest BCUT2D eigenvalue weighted by Gasteiger charge is 2.05. The third-order valence-electron chi connectivity index (χ3n) is 2.67. The summed E-state index contributed by atoms with van der Waals surface area (Å²) in [6.45, 7) is 6.67. The van der Waals surface area contributed by atoms with Crippen LogP contribution in [-0.4, -0.2) is 30.2 Å². The van der Waals surface area contributed by atoms with E-state index in [1.165, 1.54) is 18.4 Å². The second-order valence-electron chi connectivity index (χ2n) is 4.33. The lowest BCUT2D eigenvalue weighted by atomic mass is 10.2. The summed E-state index contributed by atoms with van der Waals surface area (Å²) >= 11 is 0. The molecule has 1 rings (SSSR count). The molecule has 96 valence electrons. The van der Waals surface area contributed by atoms with Crippen molar-refractivity contribution in [3.8, 4) is 11.5 Å². The highest BCUT2D eigenvalue weighted by Crippen LogP contribution is 2.27. The average Bonchev–Trinajstić information content (AvgIpc) is 2.31. The Kier molecular flexibility index (Phi) is 5.84. The Morgan fingerprint density at radius 2 is 2.06 bits per heavy atom. The molecule has 0 aliphatic carbocycles. The van der Waals surface area contributed by atoms with E-state index in [1.54, 1.807) is 6.07 Å². The van der Waals surface area contributed by atoms with Crippen LogP contribution < -0.4 is 4.74 Å². The number of aromatic hydroxyl groups is 1. The van der Waals surface area contributed by atoms with E-state index < -0.39 is 0 Å². The van der Waals surface area contributed by atoms with Crippen LogP contribution in [0.3, 0.4) is 0 Å². The van der Waals surface area contributed by atoms with Crippen molar-refractivity contribution in [2.24, 2.45) is 0 Å². The molecule has 0 amide bonds. The van der Waals surface area contributed by atoms with Crippen molar-refractivity contribution in [1.82, 2.24) is 4.90 Å². The Bertz CT molecular complexity index is 339. The maximum Gasteiger partial charge on any atom is 0.161 e. The SMILES string of the molecule is CCCCN(C)Cc1ccc(O)c(OCC)c1. The molecule has 0 fully saturated rings. The minimum atomic E-state index is 0.215. The summed E-state index contributed by atoms with van der Waals surface area (Å²) in [6.07, 6.45) is 2.43. The smallest absolute Gasteiger partial charge is 0.161 e. The number of nitrogens with zero attached hydrogens (tertiary/aromatic N) is 1. The fraction of sp³-hybridized carbons (Fsp3) is 0.571. The van der Waals surface area contributed by atoms with Crippen molar-refractivity contribution in [3.63, 3.8) is 0 Å². The standard InChI is InChI=1S/C14H23NO2/c1-4-6-9-15(3)11-12-7-8-13(16)14(10-12)17-5-2/h7-8,10,16H,4-6,9,11H2,1-3H3. The highest BCUT2D eigenvalue weighted by molar-refractivity contribution is 5.41. The first kappa shape index (κ1) is 13.8. The predicted molar refractivity (Wildman–Crippen MR) is 70.5 cm³/mol. The number of phenols is 1. The first-order chi connectivity index (χ1) is 8.17. The van der Waals surface area contributed by atoms with Gasteiger partial charge in [-0.1, -0.05) is 19.4 Å². The largest absolute Gasteiger partial charge is 0.504 e. The van der Waals surface area contributed by atoms with Crippen molar-refractivity contribution in [1.29, 1.82) is 0 Å². The number of hydrogen-bond acceptors (Lipinski definition) is 3. The lowest BCUT2D eigenvalue weighted by molar-refractivity contribution is 0.309. The van der Waals surface area contributed by atoms with E-state index in [9.17, 15) is 5.11 Å². The molecule has 0 radical (unpaired) electrons. The Morgan fingerprint density at radius 1 is 1.29 bits per heavy atom. The van der Waals surface area contributed by atoms with E-state index in [1.807, 2.05) is 19.1 Å². The van der Waals surface area contributed by atoms with Gasteiger partial charge in [0.1, 0.15) is 0 Å². The molecule has 0 bridgehead atoms. The molecule has 0 aliphatic heterocycles. The van der Waals surface area contributed by atoms with E-state index in [2.05, 4.69) is 18.9 Å². The van der Waals surface area contributed by atoms with Gasteiger partial charge >= 0.3 is 0 Å². The molecule has 0 spiro atoms. The molecule has 0 unspecified atom stereocenters. The molecular weight excluding hydrogens is 214 g/mol. The minimum Gasteiger partial charge on any atom is -0.504 e. The van der Waals surface area contributed by atoms with E-state index in [-0.39, 0.29) is 5.75 Å². The zero-order chi connectivity index (χ0) is 12.7. The zero-order valence-corrected chi connectivity index (χ0v) is 11.1. The maximum absolute atomic E-state index is 9.60. The minimum absolute atomic E-state index is 0.215. The monoisotopic (exact) mass is 237 g/mol. The van der Waals surface area contributed by atoms with Gasteiger partial charge in [0.05, 0.1) is 6.61 Å². The van der Waals surface area contributed by atoms with Crippen LogP contribution in [0, 0.1) is 0 Å². The van der Waals surface area contributed by atoms with Gasteiger partial charge in [-0.25, -0.2) is 0 Å². The topological polar surface area (TPSA) is 32.7 Å². The second kappa shape index (κ2) is 7.17. The van der Waals surface area contributed by atoms with E-state index >= 15 is 0 Å². The molecule has 0 aromatic heterocycles. The quantitative estimate of drug-likeness (QED) is 0.791. The van der Waals surface area contributed by atoms with Crippen molar-refractivity contribution in [2.45, 2.75) is 33.2 Å². The lowest BCUT2D eigenvalue weighted by Crippen LogP contribution is -2.18.